The Bertz CT molecular complexity index is 590. The van der Waals surface area contributed by atoms with Crippen LogP contribution in [0.4, 0.5) is 5.95 Å². The van der Waals surface area contributed by atoms with Crippen molar-refractivity contribution in [2.24, 2.45) is 0 Å². The molecule has 1 saturated heterocycles. The fraction of sp³-hybridized carbons (Fsp3) is 0.429. The number of hydrogen-bond donors (Lipinski definition) is 3. The number of halogens is 1. The van der Waals surface area contributed by atoms with Crippen LogP contribution in [0.1, 0.15) is 0 Å². The fourth-order valence-corrected chi connectivity index (χ4v) is 2.23. The molecule has 122 valence electrons. The second-order valence-electron chi connectivity index (χ2n) is 4.89. The number of nitrogens with one attached hydrogen (secondary N) is 3. The van der Waals surface area contributed by atoms with Crippen molar-refractivity contribution in [3.8, 4) is 6.07 Å². The first-order valence-electron chi connectivity index (χ1n) is 7.24. The Morgan fingerprint density at radius 2 is 2.13 bits per heavy atom. The van der Waals surface area contributed by atoms with Gasteiger partial charge in [-0.1, -0.05) is 0 Å². The van der Waals surface area contributed by atoms with Crippen LogP contribution >= 0.6 is 15.9 Å². The number of aromatic nitrogens is 2. The van der Waals surface area contributed by atoms with Gasteiger partial charge in [0.1, 0.15) is 11.6 Å². The van der Waals surface area contributed by atoms with E-state index < -0.39 is 5.91 Å². The van der Waals surface area contributed by atoms with E-state index in [1.165, 1.54) is 6.20 Å². The molecule has 1 aliphatic rings. The summed E-state index contributed by atoms with van der Waals surface area (Å²) in [4.78, 5) is 22.2. The molecule has 23 heavy (non-hydrogen) atoms. The summed E-state index contributed by atoms with van der Waals surface area (Å²) >= 11 is 3.23. The van der Waals surface area contributed by atoms with Crippen molar-refractivity contribution in [1.29, 1.82) is 5.26 Å². The molecule has 0 atom stereocenters. The molecule has 0 bridgehead atoms. The third kappa shape index (κ3) is 5.94. The topological polar surface area (TPSA) is 106 Å². The third-order valence-corrected chi connectivity index (χ3v) is 3.66. The molecular weight excluding hydrogens is 362 g/mol. The molecule has 0 saturated carbocycles. The summed E-state index contributed by atoms with van der Waals surface area (Å²) in [6, 6.07) is 1.87. The lowest BCUT2D eigenvalue weighted by Crippen LogP contribution is -2.46. The van der Waals surface area contributed by atoms with Gasteiger partial charge in [-0.05, 0) is 15.9 Å². The highest BCUT2D eigenvalue weighted by atomic mass is 79.9. The Balaban J connectivity index is 1.79. The maximum atomic E-state index is 12.0. The van der Waals surface area contributed by atoms with Crippen LogP contribution in [-0.2, 0) is 4.79 Å². The van der Waals surface area contributed by atoms with Gasteiger partial charge in [0.05, 0.1) is 4.47 Å². The van der Waals surface area contributed by atoms with E-state index in [0.29, 0.717) is 12.5 Å². The van der Waals surface area contributed by atoms with E-state index >= 15 is 0 Å². The number of amides is 1. The van der Waals surface area contributed by atoms with Crippen molar-refractivity contribution < 1.29 is 4.79 Å². The third-order valence-electron chi connectivity index (χ3n) is 3.25. The minimum Gasteiger partial charge on any atom is -0.350 e. The number of nitriles is 1. The first-order valence-corrected chi connectivity index (χ1v) is 8.04. The highest BCUT2D eigenvalue weighted by Gasteiger charge is 2.11. The zero-order valence-corrected chi connectivity index (χ0v) is 14.1. The van der Waals surface area contributed by atoms with Gasteiger partial charge in [0.15, 0.2) is 0 Å². The van der Waals surface area contributed by atoms with E-state index in [1.807, 2.05) is 6.07 Å². The number of hydrogen-bond acceptors (Lipinski definition) is 7. The Labute approximate surface area is 143 Å². The second-order valence-corrected chi connectivity index (χ2v) is 5.80. The lowest BCUT2D eigenvalue weighted by atomic mass is 10.3. The number of carbonyl (C=O) groups excluding carboxylic acids is 1. The normalized spacial score (nSPS) is 15.7. The van der Waals surface area contributed by atoms with E-state index in [2.05, 4.69) is 46.7 Å². The van der Waals surface area contributed by atoms with Crippen molar-refractivity contribution >= 4 is 27.8 Å². The van der Waals surface area contributed by atoms with Gasteiger partial charge in [0, 0.05) is 57.9 Å². The summed E-state index contributed by atoms with van der Waals surface area (Å²) < 4.78 is 0.748. The molecule has 9 heteroatoms. The SMILES string of the molecule is N#C/C(=C/Nc1ncc(Br)cn1)C(=O)NCCN1CCNCC1. The monoisotopic (exact) mass is 379 g/mol. The van der Waals surface area contributed by atoms with Gasteiger partial charge in [-0.2, -0.15) is 5.26 Å². The zero-order valence-electron chi connectivity index (χ0n) is 12.5. The van der Waals surface area contributed by atoms with Crippen LogP contribution in [0, 0.1) is 11.3 Å². The number of nitrogens with zero attached hydrogens (tertiary/aromatic N) is 4. The number of piperazine rings is 1. The first kappa shape index (κ1) is 17.3. The Kier molecular flexibility index (Phi) is 6.93. The predicted molar refractivity (Wildman–Crippen MR) is 89.4 cm³/mol. The summed E-state index contributed by atoms with van der Waals surface area (Å²) in [6.07, 6.45) is 4.45. The van der Waals surface area contributed by atoms with E-state index in [-0.39, 0.29) is 5.57 Å². The van der Waals surface area contributed by atoms with E-state index in [4.69, 9.17) is 5.26 Å². The molecule has 0 unspecified atom stereocenters. The highest BCUT2D eigenvalue weighted by molar-refractivity contribution is 9.10. The number of rotatable bonds is 6. The summed E-state index contributed by atoms with van der Waals surface area (Å²) in [5.74, 6) is -0.0955. The molecule has 3 N–H and O–H groups in total. The van der Waals surface area contributed by atoms with Crippen molar-refractivity contribution in [3.63, 3.8) is 0 Å². The molecular formula is C14H18BrN7O. The van der Waals surface area contributed by atoms with Gasteiger partial charge in [-0.3, -0.25) is 9.69 Å². The van der Waals surface area contributed by atoms with Gasteiger partial charge >= 0.3 is 0 Å². The lowest BCUT2D eigenvalue weighted by Gasteiger charge is -2.27. The summed E-state index contributed by atoms with van der Waals surface area (Å²) in [5.41, 5.74) is -0.0168. The van der Waals surface area contributed by atoms with Gasteiger partial charge in [0.25, 0.3) is 5.91 Å². The molecule has 1 aliphatic heterocycles. The Hall–Kier alpha value is -2.02. The molecule has 2 heterocycles. The molecule has 2 rings (SSSR count). The Morgan fingerprint density at radius 3 is 2.78 bits per heavy atom. The average molecular weight is 380 g/mol. The standard InChI is InChI=1S/C14H18BrN7O/c15-12-9-20-14(21-10-12)19-8-11(7-16)13(23)18-3-6-22-4-1-17-2-5-22/h8-10,17H,1-6H2,(H,18,23)(H,19,20,21)/b11-8-. The second kappa shape index (κ2) is 9.19. The maximum absolute atomic E-state index is 12.0. The molecule has 0 aliphatic carbocycles. The van der Waals surface area contributed by atoms with Crippen molar-refractivity contribution in [3.05, 3.63) is 28.6 Å². The number of anilines is 1. The molecule has 0 radical (unpaired) electrons. The van der Waals surface area contributed by atoms with Crippen LogP contribution in [0.2, 0.25) is 0 Å². The zero-order chi connectivity index (χ0) is 16.5. The van der Waals surface area contributed by atoms with Crippen molar-refractivity contribution in [2.45, 2.75) is 0 Å². The predicted octanol–water partition coefficient (Wildman–Crippen LogP) is 0.0799. The van der Waals surface area contributed by atoms with E-state index in [9.17, 15) is 4.79 Å². The van der Waals surface area contributed by atoms with Gasteiger partial charge in [-0.15, -0.1) is 0 Å². The quantitative estimate of drug-likeness (QED) is 0.474. The number of carbonyl (C=O) groups is 1. The molecule has 8 nitrogen and oxygen atoms in total. The minimum absolute atomic E-state index is 0.0168. The highest BCUT2D eigenvalue weighted by Crippen LogP contribution is 2.07. The summed E-state index contributed by atoms with van der Waals surface area (Å²) in [5, 5.41) is 17.8. The van der Waals surface area contributed by atoms with Gasteiger partial charge in [0.2, 0.25) is 5.95 Å². The fourth-order valence-electron chi connectivity index (χ4n) is 2.03. The van der Waals surface area contributed by atoms with Crippen LogP contribution < -0.4 is 16.0 Å². The van der Waals surface area contributed by atoms with Crippen LogP contribution in [0.5, 0.6) is 0 Å². The smallest absolute Gasteiger partial charge is 0.263 e. The Morgan fingerprint density at radius 1 is 1.43 bits per heavy atom. The maximum Gasteiger partial charge on any atom is 0.263 e. The lowest BCUT2D eigenvalue weighted by molar-refractivity contribution is -0.117. The molecule has 1 aromatic rings. The van der Waals surface area contributed by atoms with E-state index in [1.54, 1.807) is 12.4 Å². The van der Waals surface area contributed by atoms with E-state index in [0.717, 1.165) is 37.2 Å². The molecule has 0 aromatic carbocycles. The largest absolute Gasteiger partial charge is 0.350 e. The molecule has 0 spiro atoms. The van der Waals surface area contributed by atoms with Crippen LogP contribution in [0.3, 0.4) is 0 Å². The summed E-state index contributed by atoms with van der Waals surface area (Å²) in [6.45, 7) is 5.16. The van der Waals surface area contributed by atoms with Gasteiger partial charge in [-0.25, -0.2) is 9.97 Å². The van der Waals surface area contributed by atoms with Gasteiger partial charge < -0.3 is 16.0 Å². The van der Waals surface area contributed by atoms with Crippen LogP contribution in [0.25, 0.3) is 0 Å². The van der Waals surface area contributed by atoms with Crippen LogP contribution in [0.15, 0.2) is 28.6 Å². The summed E-state index contributed by atoms with van der Waals surface area (Å²) in [7, 11) is 0. The average Bonchev–Trinajstić information content (AvgIpc) is 2.58. The molecule has 1 fully saturated rings. The minimum atomic E-state index is -0.410. The first-order chi connectivity index (χ1) is 11.2. The molecule has 1 aromatic heterocycles. The van der Waals surface area contributed by atoms with Crippen molar-refractivity contribution in [2.75, 3.05) is 44.6 Å². The van der Waals surface area contributed by atoms with Crippen LogP contribution in [-0.4, -0.2) is 60.0 Å². The van der Waals surface area contributed by atoms with Crippen molar-refractivity contribution in [1.82, 2.24) is 25.5 Å². The molecule has 1 amide bonds.